The van der Waals surface area contributed by atoms with Crippen molar-refractivity contribution in [3.05, 3.63) is 0 Å². The minimum atomic E-state index is -1.17. The Hall–Kier alpha value is -1.33. The summed E-state index contributed by atoms with van der Waals surface area (Å²) in [6.07, 6.45) is -0.796. The van der Waals surface area contributed by atoms with E-state index >= 15 is 0 Å². The van der Waals surface area contributed by atoms with Crippen LogP contribution in [-0.2, 0) is 14.5 Å². The zero-order valence-corrected chi connectivity index (χ0v) is 8.59. The molecule has 0 saturated heterocycles. The van der Waals surface area contributed by atoms with E-state index in [1.165, 1.54) is 6.92 Å². The van der Waals surface area contributed by atoms with Crippen LogP contribution in [0.4, 0.5) is 9.32 Å². The first kappa shape index (κ1) is 12.7. The Kier molecular flexibility index (Phi) is 4.33. The molecule has 0 aliphatic heterocycles. The second-order valence-electron chi connectivity index (χ2n) is 3.76. The summed E-state index contributed by atoms with van der Waals surface area (Å²) in [5, 5.41) is 2.11. The van der Waals surface area contributed by atoms with Gasteiger partial charge in [-0.25, -0.2) is 9.59 Å². The predicted octanol–water partition coefficient (Wildman–Crippen LogP) is 1.33. The lowest BCUT2D eigenvalue weighted by Gasteiger charge is -2.20. The van der Waals surface area contributed by atoms with Gasteiger partial charge in [0, 0.05) is 4.53 Å². The SMILES string of the molecule is C[C@H](NC(=O)OC(C)(C)C)C(=O)OF. The van der Waals surface area contributed by atoms with Gasteiger partial charge in [-0.1, -0.05) is 0 Å². The molecule has 0 unspecified atom stereocenters. The molecule has 0 aromatic heterocycles. The lowest BCUT2D eigenvalue weighted by Crippen LogP contribution is -2.41. The third-order valence-electron chi connectivity index (χ3n) is 1.16. The standard InChI is InChI=1S/C8H14FNO4/c1-5(6(11)14-9)10-7(12)13-8(2,3)4/h5H,1-4H3,(H,10,12)/t5-/m0/s1. The van der Waals surface area contributed by atoms with E-state index in [0.29, 0.717) is 0 Å². The van der Waals surface area contributed by atoms with E-state index in [0.717, 1.165) is 0 Å². The van der Waals surface area contributed by atoms with Crippen LogP contribution in [0.15, 0.2) is 0 Å². The molecule has 0 saturated carbocycles. The Balaban J connectivity index is 4.01. The zero-order chi connectivity index (χ0) is 11.4. The highest BCUT2D eigenvalue weighted by Gasteiger charge is 2.22. The molecule has 0 aliphatic carbocycles. The maximum atomic E-state index is 11.4. The molecule has 0 heterocycles. The fourth-order valence-corrected chi connectivity index (χ4v) is 0.610. The first-order valence-corrected chi connectivity index (χ1v) is 4.08. The van der Waals surface area contributed by atoms with Crippen molar-refractivity contribution in [3.8, 4) is 0 Å². The first-order valence-electron chi connectivity index (χ1n) is 4.08. The molecule has 0 rings (SSSR count). The Morgan fingerprint density at radius 2 is 1.86 bits per heavy atom. The molecular weight excluding hydrogens is 193 g/mol. The second-order valence-corrected chi connectivity index (χ2v) is 3.76. The molecule has 5 nitrogen and oxygen atoms in total. The minimum absolute atomic E-state index is 0.663. The average Bonchev–Trinajstić information content (AvgIpc) is 1.99. The molecule has 0 aliphatic rings. The molecule has 14 heavy (non-hydrogen) atoms. The van der Waals surface area contributed by atoms with Gasteiger partial charge in [0.15, 0.2) is 0 Å². The van der Waals surface area contributed by atoms with E-state index in [1.807, 2.05) is 0 Å². The number of hydrogen-bond acceptors (Lipinski definition) is 4. The van der Waals surface area contributed by atoms with E-state index in [2.05, 4.69) is 10.3 Å². The summed E-state index contributed by atoms with van der Waals surface area (Å²) < 4.78 is 16.2. The van der Waals surface area contributed by atoms with Gasteiger partial charge in [-0.2, -0.15) is 0 Å². The molecule has 82 valence electrons. The fourth-order valence-electron chi connectivity index (χ4n) is 0.610. The van der Waals surface area contributed by atoms with Crippen LogP contribution in [0, 0.1) is 0 Å². The molecule has 1 amide bonds. The highest BCUT2D eigenvalue weighted by molar-refractivity contribution is 5.80. The summed E-state index contributed by atoms with van der Waals surface area (Å²) in [5.41, 5.74) is -0.663. The molecule has 0 radical (unpaired) electrons. The maximum Gasteiger partial charge on any atom is 0.408 e. The number of ether oxygens (including phenoxy) is 1. The molecular formula is C8H14FNO4. The maximum absolute atomic E-state index is 11.4. The van der Waals surface area contributed by atoms with E-state index in [1.54, 1.807) is 20.8 Å². The topological polar surface area (TPSA) is 64.6 Å². The summed E-state index contributed by atoms with van der Waals surface area (Å²) in [4.78, 5) is 24.5. The van der Waals surface area contributed by atoms with Crippen LogP contribution >= 0.6 is 0 Å². The van der Waals surface area contributed by atoms with Crippen molar-refractivity contribution in [1.82, 2.24) is 5.32 Å². The van der Waals surface area contributed by atoms with Crippen LogP contribution in [0.1, 0.15) is 27.7 Å². The number of nitrogens with one attached hydrogen (secondary N) is 1. The Morgan fingerprint density at radius 1 is 1.36 bits per heavy atom. The highest BCUT2D eigenvalue weighted by Crippen LogP contribution is 2.06. The van der Waals surface area contributed by atoms with E-state index in [4.69, 9.17) is 4.74 Å². The number of carbonyl (C=O) groups excluding carboxylic acids is 2. The van der Waals surface area contributed by atoms with Crippen LogP contribution in [0.5, 0.6) is 0 Å². The van der Waals surface area contributed by atoms with Crippen molar-refractivity contribution in [1.29, 1.82) is 0 Å². The molecule has 0 aromatic rings. The van der Waals surface area contributed by atoms with Crippen LogP contribution in [-0.4, -0.2) is 23.7 Å². The molecule has 0 fully saturated rings. The molecule has 1 atom stereocenters. The Morgan fingerprint density at radius 3 is 2.21 bits per heavy atom. The van der Waals surface area contributed by atoms with Crippen LogP contribution < -0.4 is 5.32 Å². The summed E-state index contributed by atoms with van der Waals surface area (Å²) in [6, 6.07) is -1.07. The molecule has 0 spiro atoms. The third-order valence-corrected chi connectivity index (χ3v) is 1.16. The lowest BCUT2D eigenvalue weighted by molar-refractivity contribution is -0.185. The van der Waals surface area contributed by atoms with Gasteiger partial charge in [0.2, 0.25) is 0 Å². The Bertz CT molecular complexity index is 224. The van der Waals surface area contributed by atoms with Crippen molar-refractivity contribution >= 4 is 12.1 Å². The zero-order valence-electron chi connectivity index (χ0n) is 8.59. The summed E-state index contributed by atoms with van der Waals surface area (Å²) in [7, 11) is 0. The van der Waals surface area contributed by atoms with Crippen molar-refractivity contribution in [2.24, 2.45) is 0 Å². The Labute approximate surface area is 81.5 Å². The smallest absolute Gasteiger partial charge is 0.408 e. The molecule has 0 bridgehead atoms. The minimum Gasteiger partial charge on any atom is -0.444 e. The van der Waals surface area contributed by atoms with Gasteiger partial charge in [-0.15, -0.1) is 0 Å². The first-order chi connectivity index (χ1) is 6.26. The number of alkyl carbamates (subject to hydrolysis) is 1. The van der Waals surface area contributed by atoms with Gasteiger partial charge in [0.1, 0.15) is 11.6 Å². The molecule has 1 N–H and O–H groups in total. The average molecular weight is 207 g/mol. The highest BCUT2D eigenvalue weighted by atomic mass is 19.3. The van der Waals surface area contributed by atoms with E-state index in [-0.39, 0.29) is 0 Å². The van der Waals surface area contributed by atoms with Crippen LogP contribution in [0.2, 0.25) is 0 Å². The van der Waals surface area contributed by atoms with Gasteiger partial charge in [0.05, 0.1) is 0 Å². The van der Waals surface area contributed by atoms with Crippen molar-refractivity contribution in [3.63, 3.8) is 0 Å². The van der Waals surface area contributed by atoms with Gasteiger partial charge in [-0.05, 0) is 27.7 Å². The molecule has 6 heteroatoms. The number of rotatable bonds is 2. The quantitative estimate of drug-likeness (QED) is 0.741. The van der Waals surface area contributed by atoms with E-state index < -0.39 is 23.7 Å². The van der Waals surface area contributed by atoms with Crippen molar-refractivity contribution in [2.45, 2.75) is 39.3 Å². The van der Waals surface area contributed by atoms with Gasteiger partial charge in [0.25, 0.3) is 0 Å². The summed E-state index contributed by atoms with van der Waals surface area (Å²) in [6.45, 7) is 6.30. The van der Waals surface area contributed by atoms with Gasteiger partial charge < -0.3 is 10.1 Å². The predicted molar refractivity (Wildman–Crippen MR) is 46.0 cm³/mol. The molecule has 0 aromatic carbocycles. The number of halogens is 1. The number of hydrogen-bond donors (Lipinski definition) is 1. The number of carbonyl (C=O) groups is 2. The third kappa shape index (κ3) is 5.34. The normalized spacial score (nSPS) is 12.9. The van der Waals surface area contributed by atoms with Gasteiger partial charge in [-0.3, -0.25) is 4.94 Å². The summed E-state index contributed by atoms with van der Waals surface area (Å²) in [5.74, 6) is -1.17. The number of amides is 1. The summed E-state index contributed by atoms with van der Waals surface area (Å²) >= 11 is 0. The second kappa shape index (κ2) is 4.78. The monoisotopic (exact) mass is 207 g/mol. The van der Waals surface area contributed by atoms with E-state index in [9.17, 15) is 14.1 Å². The van der Waals surface area contributed by atoms with Crippen molar-refractivity contribution < 1.29 is 23.8 Å². The van der Waals surface area contributed by atoms with Crippen molar-refractivity contribution in [2.75, 3.05) is 0 Å². The van der Waals surface area contributed by atoms with Crippen LogP contribution in [0.3, 0.4) is 0 Å². The lowest BCUT2D eigenvalue weighted by atomic mass is 10.2. The fraction of sp³-hybridized carbons (Fsp3) is 0.750. The largest absolute Gasteiger partial charge is 0.444 e. The van der Waals surface area contributed by atoms with Crippen LogP contribution in [0.25, 0.3) is 0 Å². The van der Waals surface area contributed by atoms with Gasteiger partial charge >= 0.3 is 12.1 Å².